The largest absolute Gasteiger partial charge is 0.462 e. The maximum absolute atomic E-state index is 13.7. The fourth-order valence-corrected chi connectivity index (χ4v) is 5.34. The van der Waals surface area contributed by atoms with E-state index in [4.69, 9.17) is 4.74 Å². The van der Waals surface area contributed by atoms with E-state index >= 15 is 0 Å². The minimum atomic E-state index is -0.425. The molecule has 0 fully saturated rings. The molecule has 2 aromatic rings. The average molecular weight is 473 g/mol. The highest BCUT2D eigenvalue weighted by Gasteiger charge is 2.41. The highest BCUT2D eigenvalue weighted by molar-refractivity contribution is 6.04. The maximum atomic E-state index is 13.7. The number of carbonyl (C=O) groups is 2. The number of nitrogens with zero attached hydrogens (tertiary/aromatic N) is 1. The van der Waals surface area contributed by atoms with Crippen LogP contribution in [0, 0.1) is 0 Å². The summed E-state index contributed by atoms with van der Waals surface area (Å²) in [6.45, 7) is 10.4. The Bertz CT molecular complexity index is 1130. The van der Waals surface area contributed by atoms with Gasteiger partial charge in [-0.05, 0) is 62.8 Å². The highest BCUT2D eigenvalue weighted by Crippen LogP contribution is 2.45. The molecule has 184 valence electrons. The van der Waals surface area contributed by atoms with Crippen molar-refractivity contribution in [2.75, 3.05) is 24.6 Å². The zero-order chi connectivity index (χ0) is 24.9. The van der Waals surface area contributed by atoms with Crippen molar-refractivity contribution < 1.29 is 14.3 Å². The van der Waals surface area contributed by atoms with Crippen LogP contribution in [-0.4, -0.2) is 31.4 Å². The van der Waals surface area contributed by atoms with Gasteiger partial charge in [0.1, 0.15) is 0 Å². The molecule has 5 nitrogen and oxygen atoms in total. The van der Waals surface area contributed by atoms with E-state index in [9.17, 15) is 9.59 Å². The molecular formula is C30H36N2O3. The van der Waals surface area contributed by atoms with Gasteiger partial charge in [0, 0.05) is 48.1 Å². The SMILES string of the molecule is CCCOC(=O)C1=C(C)NC2=C(C(=O)C[C@H](c3ccccc3)C2)[C@H]1c1ccc(N(CC)CC)cc1. The quantitative estimate of drug-likeness (QED) is 0.489. The van der Waals surface area contributed by atoms with E-state index in [1.807, 2.05) is 32.0 Å². The number of allylic oxidation sites excluding steroid dienone is 3. The van der Waals surface area contributed by atoms with Gasteiger partial charge in [0.25, 0.3) is 0 Å². The van der Waals surface area contributed by atoms with E-state index in [0.29, 0.717) is 24.2 Å². The molecular weight excluding hydrogens is 436 g/mol. The molecule has 2 aromatic carbocycles. The van der Waals surface area contributed by atoms with Gasteiger partial charge in [-0.2, -0.15) is 0 Å². The van der Waals surface area contributed by atoms with Crippen LogP contribution in [0.2, 0.25) is 0 Å². The third kappa shape index (κ3) is 5.04. The summed E-state index contributed by atoms with van der Waals surface area (Å²) in [5, 5.41) is 3.43. The van der Waals surface area contributed by atoms with E-state index in [1.54, 1.807) is 0 Å². The van der Waals surface area contributed by atoms with Gasteiger partial charge in [-0.15, -0.1) is 0 Å². The van der Waals surface area contributed by atoms with Crippen molar-refractivity contribution in [1.82, 2.24) is 5.32 Å². The molecule has 0 amide bonds. The fraction of sp³-hybridized carbons (Fsp3) is 0.400. The van der Waals surface area contributed by atoms with E-state index in [1.165, 1.54) is 5.56 Å². The van der Waals surface area contributed by atoms with Crippen LogP contribution in [0.25, 0.3) is 0 Å². The van der Waals surface area contributed by atoms with Crippen molar-refractivity contribution in [3.8, 4) is 0 Å². The first kappa shape index (κ1) is 24.8. The number of anilines is 1. The lowest BCUT2D eigenvalue weighted by Crippen LogP contribution is -2.36. The van der Waals surface area contributed by atoms with Crippen molar-refractivity contribution in [3.63, 3.8) is 0 Å². The Balaban J connectivity index is 1.76. The average Bonchev–Trinajstić information content (AvgIpc) is 2.88. The third-order valence-corrected chi connectivity index (χ3v) is 7.11. The van der Waals surface area contributed by atoms with Crippen LogP contribution in [0.3, 0.4) is 0 Å². The van der Waals surface area contributed by atoms with Crippen LogP contribution in [0.15, 0.2) is 77.1 Å². The van der Waals surface area contributed by atoms with Crippen LogP contribution in [-0.2, 0) is 14.3 Å². The van der Waals surface area contributed by atoms with Gasteiger partial charge in [-0.3, -0.25) is 4.79 Å². The maximum Gasteiger partial charge on any atom is 0.336 e. The van der Waals surface area contributed by atoms with Gasteiger partial charge >= 0.3 is 5.97 Å². The molecule has 1 aliphatic carbocycles. The molecule has 0 saturated heterocycles. The number of ketones is 1. The number of esters is 1. The molecule has 4 rings (SSSR count). The van der Waals surface area contributed by atoms with Crippen molar-refractivity contribution in [2.24, 2.45) is 0 Å². The van der Waals surface area contributed by atoms with Gasteiger partial charge in [0.05, 0.1) is 12.2 Å². The second kappa shape index (κ2) is 10.9. The lowest BCUT2D eigenvalue weighted by Gasteiger charge is -2.37. The molecule has 0 spiro atoms. The molecule has 5 heteroatoms. The van der Waals surface area contributed by atoms with Crippen molar-refractivity contribution >= 4 is 17.4 Å². The van der Waals surface area contributed by atoms with Gasteiger partial charge in [0.2, 0.25) is 0 Å². The van der Waals surface area contributed by atoms with Crippen molar-refractivity contribution in [3.05, 3.63) is 88.3 Å². The van der Waals surface area contributed by atoms with Gasteiger partial charge in [-0.1, -0.05) is 49.4 Å². The number of nitrogens with one attached hydrogen (secondary N) is 1. The number of hydrogen-bond acceptors (Lipinski definition) is 5. The molecule has 0 saturated carbocycles. The van der Waals surface area contributed by atoms with Gasteiger partial charge in [-0.25, -0.2) is 4.79 Å². The van der Waals surface area contributed by atoms with E-state index in [-0.39, 0.29) is 17.7 Å². The summed E-state index contributed by atoms with van der Waals surface area (Å²) in [6.07, 6.45) is 1.93. The zero-order valence-electron chi connectivity index (χ0n) is 21.3. The molecule has 0 aromatic heterocycles. The van der Waals surface area contributed by atoms with E-state index in [0.717, 1.165) is 48.6 Å². The van der Waals surface area contributed by atoms with Gasteiger partial charge in [0.15, 0.2) is 5.78 Å². The predicted molar refractivity (Wildman–Crippen MR) is 140 cm³/mol. The van der Waals surface area contributed by atoms with Crippen molar-refractivity contribution in [2.45, 2.75) is 58.8 Å². The number of dihydropyridines is 1. The van der Waals surface area contributed by atoms with Crippen LogP contribution < -0.4 is 10.2 Å². The lowest BCUT2D eigenvalue weighted by atomic mass is 9.71. The van der Waals surface area contributed by atoms with Crippen LogP contribution in [0.5, 0.6) is 0 Å². The lowest BCUT2D eigenvalue weighted by molar-refractivity contribution is -0.139. The topological polar surface area (TPSA) is 58.6 Å². The summed E-state index contributed by atoms with van der Waals surface area (Å²) in [7, 11) is 0. The van der Waals surface area contributed by atoms with E-state index < -0.39 is 5.92 Å². The Labute approximate surface area is 208 Å². The van der Waals surface area contributed by atoms with Gasteiger partial charge < -0.3 is 15.0 Å². The molecule has 0 bridgehead atoms. The van der Waals surface area contributed by atoms with Crippen LogP contribution >= 0.6 is 0 Å². The molecule has 0 radical (unpaired) electrons. The summed E-state index contributed by atoms with van der Waals surface area (Å²) in [6, 6.07) is 18.5. The Morgan fingerprint density at radius 3 is 2.29 bits per heavy atom. The second-order valence-electron chi connectivity index (χ2n) is 9.33. The third-order valence-electron chi connectivity index (χ3n) is 7.11. The van der Waals surface area contributed by atoms with E-state index in [2.05, 4.69) is 60.5 Å². The number of benzene rings is 2. The number of Topliss-reactive ketones (excluding diaryl/α,β-unsaturated/α-hetero) is 1. The predicted octanol–water partition coefficient (Wildman–Crippen LogP) is 5.85. The molecule has 2 atom stereocenters. The summed E-state index contributed by atoms with van der Waals surface area (Å²) < 4.78 is 5.58. The molecule has 35 heavy (non-hydrogen) atoms. The summed E-state index contributed by atoms with van der Waals surface area (Å²) in [5.74, 6) is -0.550. The summed E-state index contributed by atoms with van der Waals surface area (Å²) in [5.41, 5.74) is 6.20. The second-order valence-corrected chi connectivity index (χ2v) is 9.33. The number of rotatable bonds is 8. The Morgan fingerprint density at radius 1 is 0.971 bits per heavy atom. The number of hydrogen-bond donors (Lipinski definition) is 1. The summed E-state index contributed by atoms with van der Waals surface area (Å²) >= 11 is 0. The normalized spacial score (nSPS) is 19.8. The Morgan fingerprint density at radius 2 is 1.66 bits per heavy atom. The minimum Gasteiger partial charge on any atom is -0.462 e. The zero-order valence-corrected chi connectivity index (χ0v) is 21.3. The van der Waals surface area contributed by atoms with Crippen LogP contribution in [0.4, 0.5) is 5.69 Å². The molecule has 1 N–H and O–H groups in total. The Kier molecular flexibility index (Phi) is 7.74. The van der Waals surface area contributed by atoms with Crippen molar-refractivity contribution in [1.29, 1.82) is 0 Å². The monoisotopic (exact) mass is 472 g/mol. The van der Waals surface area contributed by atoms with Crippen LogP contribution in [0.1, 0.15) is 69.9 Å². The molecule has 0 unspecified atom stereocenters. The highest BCUT2D eigenvalue weighted by atomic mass is 16.5. The number of ether oxygens (including phenoxy) is 1. The summed E-state index contributed by atoms with van der Waals surface area (Å²) in [4.78, 5) is 29.2. The first-order valence-electron chi connectivity index (χ1n) is 12.8. The Hall–Kier alpha value is -3.34. The number of carbonyl (C=O) groups excluding carboxylic acids is 2. The fourth-order valence-electron chi connectivity index (χ4n) is 5.34. The molecule has 2 aliphatic rings. The first-order chi connectivity index (χ1) is 17.0. The standard InChI is InChI=1S/C30H36N2O3/c1-5-17-35-30(34)27-20(4)31-25-18-23(21-11-9-8-10-12-21)19-26(33)29(25)28(27)22-13-15-24(16-14-22)32(6-2)7-3/h8-16,23,28,31H,5-7,17-19H2,1-4H3/t23-,28+/m1/s1. The smallest absolute Gasteiger partial charge is 0.336 e. The molecule has 1 aliphatic heterocycles. The molecule has 1 heterocycles. The minimum absolute atomic E-state index is 0.0960. The first-order valence-corrected chi connectivity index (χ1v) is 12.8.